The predicted molar refractivity (Wildman–Crippen MR) is 70.5 cm³/mol. The van der Waals surface area contributed by atoms with Crippen molar-refractivity contribution in [1.82, 2.24) is 4.37 Å². The van der Waals surface area contributed by atoms with Crippen molar-refractivity contribution in [3.63, 3.8) is 0 Å². The van der Waals surface area contributed by atoms with Crippen LogP contribution in [0.25, 0.3) is 0 Å². The molecule has 16 heavy (non-hydrogen) atoms. The first-order chi connectivity index (χ1) is 7.58. The van der Waals surface area contributed by atoms with Gasteiger partial charge in [-0.15, -0.1) is 0 Å². The standard InChI is InChI=1S/C11H17Cl2NOS/c1-2-3-4-5-6-7-11(12,13)10-9(15)8-16-14-10/h8,15H,2-7H2,1H3. The van der Waals surface area contributed by atoms with Crippen molar-refractivity contribution in [2.45, 2.75) is 49.8 Å². The molecule has 0 aliphatic rings. The van der Waals surface area contributed by atoms with E-state index in [2.05, 4.69) is 11.3 Å². The molecule has 0 fully saturated rings. The molecule has 0 aliphatic carbocycles. The highest BCUT2D eigenvalue weighted by Crippen LogP contribution is 2.42. The zero-order valence-corrected chi connectivity index (χ0v) is 11.7. The van der Waals surface area contributed by atoms with Gasteiger partial charge in [0.1, 0.15) is 5.69 Å². The normalized spacial score (nSPS) is 11.9. The Morgan fingerprint density at radius 3 is 2.56 bits per heavy atom. The maximum atomic E-state index is 9.51. The van der Waals surface area contributed by atoms with E-state index in [1.165, 1.54) is 30.8 Å². The lowest BCUT2D eigenvalue weighted by Crippen LogP contribution is -2.10. The first-order valence-corrected chi connectivity index (χ1v) is 7.19. The Kier molecular flexibility index (Phi) is 5.87. The third-order valence-electron chi connectivity index (χ3n) is 2.49. The Bertz CT molecular complexity index is 315. The van der Waals surface area contributed by atoms with Gasteiger partial charge in [0.25, 0.3) is 0 Å². The van der Waals surface area contributed by atoms with Gasteiger partial charge in [-0.25, -0.2) is 0 Å². The van der Waals surface area contributed by atoms with Crippen molar-refractivity contribution < 1.29 is 5.11 Å². The molecule has 0 radical (unpaired) electrons. The number of hydrogen-bond donors (Lipinski definition) is 1. The van der Waals surface area contributed by atoms with Crippen molar-refractivity contribution >= 4 is 34.7 Å². The minimum absolute atomic E-state index is 0.101. The summed E-state index contributed by atoms with van der Waals surface area (Å²) in [5.74, 6) is 0.101. The van der Waals surface area contributed by atoms with Crippen molar-refractivity contribution in [3.8, 4) is 5.75 Å². The highest BCUT2D eigenvalue weighted by molar-refractivity contribution is 7.04. The molecule has 0 saturated carbocycles. The Morgan fingerprint density at radius 1 is 1.31 bits per heavy atom. The first kappa shape index (κ1) is 14.1. The van der Waals surface area contributed by atoms with Crippen LogP contribution in [0.3, 0.4) is 0 Å². The molecule has 1 heterocycles. The number of hydrogen-bond acceptors (Lipinski definition) is 3. The smallest absolute Gasteiger partial charge is 0.164 e. The second-order valence-corrected chi connectivity index (χ2v) is 6.03. The highest BCUT2D eigenvalue weighted by atomic mass is 35.5. The average molecular weight is 282 g/mol. The molecule has 5 heteroatoms. The topological polar surface area (TPSA) is 33.1 Å². The van der Waals surface area contributed by atoms with E-state index < -0.39 is 4.33 Å². The van der Waals surface area contributed by atoms with E-state index >= 15 is 0 Å². The molecule has 1 aromatic heterocycles. The average Bonchev–Trinajstić information content (AvgIpc) is 2.65. The van der Waals surface area contributed by atoms with Gasteiger partial charge in [-0.05, 0) is 18.0 Å². The lowest BCUT2D eigenvalue weighted by Gasteiger charge is -2.17. The Labute approximate surface area is 111 Å². The second kappa shape index (κ2) is 6.67. The number of halogens is 2. The lowest BCUT2D eigenvalue weighted by molar-refractivity contribution is 0.460. The van der Waals surface area contributed by atoms with Gasteiger partial charge in [0, 0.05) is 0 Å². The van der Waals surface area contributed by atoms with Gasteiger partial charge in [-0.3, -0.25) is 0 Å². The molecule has 0 unspecified atom stereocenters. The number of rotatable bonds is 7. The summed E-state index contributed by atoms with van der Waals surface area (Å²) in [7, 11) is 0. The van der Waals surface area contributed by atoms with Crippen molar-refractivity contribution in [2.75, 3.05) is 0 Å². The molecular weight excluding hydrogens is 265 g/mol. The van der Waals surface area contributed by atoms with Crippen LogP contribution in [-0.4, -0.2) is 9.48 Å². The fourth-order valence-electron chi connectivity index (χ4n) is 1.55. The molecule has 0 bridgehead atoms. The fourth-order valence-corrected chi connectivity index (χ4v) is 2.82. The molecule has 0 aromatic carbocycles. The van der Waals surface area contributed by atoms with Gasteiger partial charge in [0.15, 0.2) is 10.1 Å². The van der Waals surface area contributed by atoms with Crippen molar-refractivity contribution in [3.05, 3.63) is 11.1 Å². The summed E-state index contributed by atoms with van der Waals surface area (Å²) in [6.45, 7) is 2.18. The van der Waals surface area contributed by atoms with E-state index in [4.69, 9.17) is 23.2 Å². The second-order valence-electron chi connectivity index (χ2n) is 3.92. The molecule has 0 spiro atoms. The summed E-state index contributed by atoms with van der Waals surface area (Å²) in [5, 5.41) is 11.1. The number of unbranched alkanes of at least 4 members (excludes halogenated alkanes) is 4. The Balaban J connectivity index is 2.37. The largest absolute Gasteiger partial charge is 0.505 e. The monoisotopic (exact) mass is 281 g/mol. The van der Waals surface area contributed by atoms with Crippen LogP contribution in [0.2, 0.25) is 0 Å². The van der Waals surface area contributed by atoms with Crippen molar-refractivity contribution in [2.24, 2.45) is 0 Å². The van der Waals surface area contributed by atoms with Crippen LogP contribution in [0, 0.1) is 0 Å². The zero-order chi connectivity index (χ0) is 12.0. The summed E-state index contributed by atoms with van der Waals surface area (Å²) in [6.07, 6.45) is 6.41. The minimum Gasteiger partial charge on any atom is -0.505 e. The fraction of sp³-hybridized carbons (Fsp3) is 0.727. The van der Waals surface area contributed by atoms with E-state index in [9.17, 15) is 5.11 Å². The van der Waals surface area contributed by atoms with Gasteiger partial charge in [-0.1, -0.05) is 62.2 Å². The van der Waals surface area contributed by atoms with Crippen LogP contribution in [0.4, 0.5) is 0 Å². The summed E-state index contributed by atoms with van der Waals surface area (Å²) in [5.41, 5.74) is 0.399. The highest BCUT2D eigenvalue weighted by Gasteiger charge is 2.31. The van der Waals surface area contributed by atoms with E-state index in [1.54, 1.807) is 5.38 Å². The van der Waals surface area contributed by atoms with Crippen LogP contribution in [0.5, 0.6) is 5.75 Å². The quantitative estimate of drug-likeness (QED) is 0.573. The Hall–Kier alpha value is 0.01000. The maximum absolute atomic E-state index is 9.51. The zero-order valence-electron chi connectivity index (χ0n) is 9.38. The van der Waals surface area contributed by atoms with Crippen LogP contribution in [-0.2, 0) is 4.33 Å². The molecule has 0 aliphatic heterocycles. The number of aromatic nitrogens is 1. The third-order valence-corrected chi connectivity index (χ3v) is 3.84. The van der Waals surface area contributed by atoms with Gasteiger partial charge in [-0.2, -0.15) is 4.37 Å². The molecule has 0 amide bonds. The molecule has 1 N–H and O–H groups in total. The molecule has 0 saturated heterocycles. The van der Waals surface area contributed by atoms with Gasteiger partial charge in [0.05, 0.1) is 5.38 Å². The molecule has 0 atom stereocenters. The minimum atomic E-state index is -1.05. The van der Waals surface area contributed by atoms with Gasteiger partial charge < -0.3 is 5.11 Å². The van der Waals surface area contributed by atoms with E-state index in [0.29, 0.717) is 12.1 Å². The number of nitrogens with zero attached hydrogens (tertiary/aromatic N) is 1. The number of aromatic hydroxyl groups is 1. The lowest BCUT2D eigenvalue weighted by atomic mass is 10.1. The van der Waals surface area contributed by atoms with Crippen LogP contribution < -0.4 is 0 Å². The third kappa shape index (κ3) is 4.11. The molecule has 2 nitrogen and oxygen atoms in total. The summed E-state index contributed by atoms with van der Waals surface area (Å²) in [4.78, 5) is 0. The Morgan fingerprint density at radius 2 is 2.00 bits per heavy atom. The van der Waals surface area contributed by atoms with E-state index in [-0.39, 0.29) is 5.75 Å². The summed E-state index contributed by atoms with van der Waals surface area (Å²) < 4.78 is 2.98. The molecule has 1 rings (SSSR count). The summed E-state index contributed by atoms with van der Waals surface area (Å²) >= 11 is 13.5. The first-order valence-electron chi connectivity index (χ1n) is 5.59. The van der Waals surface area contributed by atoms with Crippen LogP contribution >= 0.6 is 34.7 Å². The molecule has 92 valence electrons. The van der Waals surface area contributed by atoms with E-state index in [1.807, 2.05) is 0 Å². The summed E-state index contributed by atoms with van der Waals surface area (Å²) in [6, 6.07) is 0. The molecule has 1 aromatic rings. The predicted octanol–water partition coefficient (Wildman–Crippen LogP) is 4.84. The van der Waals surface area contributed by atoms with E-state index in [0.717, 1.165) is 12.8 Å². The van der Waals surface area contributed by atoms with Crippen LogP contribution in [0.1, 0.15) is 51.1 Å². The molecular formula is C11H17Cl2NOS. The van der Waals surface area contributed by atoms with Gasteiger partial charge in [0.2, 0.25) is 0 Å². The van der Waals surface area contributed by atoms with Gasteiger partial charge >= 0.3 is 0 Å². The SMILES string of the molecule is CCCCCCCC(Cl)(Cl)c1nscc1O. The van der Waals surface area contributed by atoms with Crippen LogP contribution in [0.15, 0.2) is 5.38 Å². The van der Waals surface area contributed by atoms with Crippen molar-refractivity contribution in [1.29, 1.82) is 0 Å². The number of alkyl halides is 2. The maximum Gasteiger partial charge on any atom is 0.164 e.